The molecule has 0 amide bonds. The van der Waals surface area contributed by atoms with E-state index in [1.165, 1.54) is 19.3 Å². The minimum atomic E-state index is 0.273. The number of benzene rings is 1. The first-order chi connectivity index (χ1) is 9.09. The number of hydrogen-bond acceptors (Lipinski definition) is 2. The minimum Gasteiger partial charge on any atom is -0.313 e. The highest BCUT2D eigenvalue weighted by Gasteiger charge is 2.20. The van der Waals surface area contributed by atoms with E-state index < -0.39 is 0 Å². The zero-order chi connectivity index (χ0) is 13.8. The van der Waals surface area contributed by atoms with Crippen molar-refractivity contribution in [1.82, 2.24) is 10.2 Å². The van der Waals surface area contributed by atoms with Crippen LogP contribution in [0.15, 0.2) is 18.2 Å². The molecule has 1 aromatic rings. The summed E-state index contributed by atoms with van der Waals surface area (Å²) in [5.74, 6) is 0. The molecule has 0 radical (unpaired) electrons. The van der Waals surface area contributed by atoms with Crippen LogP contribution in [-0.2, 0) is 0 Å². The average molecular weight is 301 g/mol. The van der Waals surface area contributed by atoms with E-state index in [-0.39, 0.29) is 6.04 Å². The Kier molecular flexibility index (Phi) is 5.52. The summed E-state index contributed by atoms with van der Waals surface area (Å²) >= 11 is 12.4. The number of rotatable bonds is 4. The quantitative estimate of drug-likeness (QED) is 0.899. The molecular weight excluding hydrogens is 279 g/mol. The van der Waals surface area contributed by atoms with Crippen molar-refractivity contribution in [3.05, 3.63) is 33.8 Å². The van der Waals surface area contributed by atoms with E-state index >= 15 is 0 Å². The molecule has 0 bridgehead atoms. The molecule has 0 aromatic heterocycles. The third-order valence-corrected chi connectivity index (χ3v) is 4.85. The first-order valence-electron chi connectivity index (χ1n) is 6.97. The van der Waals surface area contributed by atoms with Gasteiger partial charge in [0, 0.05) is 18.6 Å². The second kappa shape index (κ2) is 6.94. The fraction of sp³-hybridized carbons (Fsp3) is 0.600. The molecule has 1 N–H and O–H groups in total. The van der Waals surface area contributed by atoms with Crippen molar-refractivity contribution in [2.45, 2.75) is 38.3 Å². The summed E-state index contributed by atoms with van der Waals surface area (Å²) in [4.78, 5) is 2.35. The van der Waals surface area contributed by atoms with Gasteiger partial charge in [0.05, 0.1) is 10.0 Å². The van der Waals surface area contributed by atoms with E-state index in [1.54, 1.807) is 0 Å². The van der Waals surface area contributed by atoms with Gasteiger partial charge in [0.15, 0.2) is 0 Å². The van der Waals surface area contributed by atoms with Crippen LogP contribution in [0.2, 0.25) is 10.0 Å². The minimum absolute atomic E-state index is 0.273. The van der Waals surface area contributed by atoms with Crippen LogP contribution in [0.4, 0.5) is 0 Å². The second-order valence-corrected chi connectivity index (χ2v) is 6.19. The molecule has 2 nitrogen and oxygen atoms in total. The molecule has 0 spiro atoms. The van der Waals surface area contributed by atoms with E-state index in [0.29, 0.717) is 16.1 Å². The van der Waals surface area contributed by atoms with Crippen molar-refractivity contribution in [1.29, 1.82) is 0 Å². The molecule has 19 heavy (non-hydrogen) atoms. The number of halogens is 2. The maximum atomic E-state index is 6.30. The van der Waals surface area contributed by atoms with Gasteiger partial charge in [-0.25, -0.2) is 0 Å². The first-order valence-corrected chi connectivity index (χ1v) is 7.72. The topological polar surface area (TPSA) is 15.3 Å². The third-order valence-electron chi connectivity index (χ3n) is 4.01. The molecule has 0 saturated carbocycles. The average Bonchev–Trinajstić information content (AvgIpc) is 2.42. The highest BCUT2D eigenvalue weighted by Crippen LogP contribution is 2.32. The van der Waals surface area contributed by atoms with Gasteiger partial charge in [0.1, 0.15) is 0 Å². The summed E-state index contributed by atoms with van der Waals surface area (Å²) < 4.78 is 0. The number of piperidine rings is 1. The lowest BCUT2D eigenvalue weighted by molar-refractivity contribution is 0.215. The molecule has 4 heteroatoms. The van der Waals surface area contributed by atoms with Crippen LogP contribution in [0.1, 0.15) is 37.8 Å². The molecule has 1 aromatic carbocycles. The Labute approximate surface area is 126 Å². The van der Waals surface area contributed by atoms with E-state index in [2.05, 4.69) is 30.3 Å². The van der Waals surface area contributed by atoms with Crippen LogP contribution in [0.25, 0.3) is 0 Å². The molecule has 2 atom stereocenters. The molecule has 2 rings (SSSR count). The molecular formula is C15H22Cl2N2. The van der Waals surface area contributed by atoms with Gasteiger partial charge < -0.3 is 5.32 Å². The maximum absolute atomic E-state index is 6.30. The van der Waals surface area contributed by atoms with Crippen LogP contribution >= 0.6 is 23.2 Å². The van der Waals surface area contributed by atoms with Crippen LogP contribution in [0.3, 0.4) is 0 Å². The van der Waals surface area contributed by atoms with Crippen molar-refractivity contribution in [2.75, 3.05) is 20.1 Å². The van der Waals surface area contributed by atoms with E-state index in [4.69, 9.17) is 23.2 Å². The lowest BCUT2D eigenvalue weighted by atomic mass is 10.0. The normalized spacial score (nSPS) is 21.6. The predicted octanol–water partition coefficient (Wildman–Crippen LogP) is 4.13. The zero-order valence-corrected chi connectivity index (χ0v) is 13.1. The van der Waals surface area contributed by atoms with Gasteiger partial charge >= 0.3 is 0 Å². The Morgan fingerprint density at radius 1 is 1.37 bits per heavy atom. The van der Waals surface area contributed by atoms with Crippen LogP contribution in [0.5, 0.6) is 0 Å². The Morgan fingerprint density at radius 2 is 2.16 bits per heavy atom. The van der Waals surface area contributed by atoms with E-state index in [0.717, 1.165) is 18.7 Å². The van der Waals surface area contributed by atoms with Crippen LogP contribution in [0, 0.1) is 0 Å². The second-order valence-electron chi connectivity index (χ2n) is 5.41. The third kappa shape index (κ3) is 3.85. The zero-order valence-electron chi connectivity index (χ0n) is 11.6. The summed E-state index contributed by atoms with van der Waals surface area (Å²) in [5.41, 5.74) is 1.10. The summed E-state index contributed by atoms with van der Waals surface area (Å²) in [7, 11) is 2.15. The summed E-state index contributed by atoms with van der Waals surface area (Å²) in [6.07, 6.45) is 3.90. The number of nitrogens with zero attached hydrogens (tertiary/aromatic N) is 1. The maximum Gasteiger partial charge on any atom is 0.0640 e. The molecule has 106 valence electrons. The van der Waals surface area contributed by atoms with Crippen LogP contribution in [-0.4, -0.2) is 31.1 Å². The molecule has 1 fully saturated rings. The van der Waals surface area contributed by atoms with Gasteiger partial charge in [0.2, 0.25) is 0 Å². The molecule has 1 aliphatic rings. The lowest BCUT2D eigenvalue weighted by Crippen LogP contribution is -2.43. The fourth-order valence-corrected chi connectivity index (χ4v) is 3.13. The Bertz CT molecular complexity index is 417. The van der Waals surface area contributed by atoms with Gasteiger partial charge in [-0.2, -0.15) is 0 Å². The first kappa shape index (κ1) is 15.1. The van der Waals surface area contributed by atoms with Crippen LogP contribution < -0.4 is 5.32 Å². The van der Waals surface area contributed by atoms with Gasteiger partial charge in [-0.05, 0) is 45.0 Å². The summed E-state index contributed by atoms with van der Waals surface area (Å²) in [5, 5.41) is 4.90. The summed E-state index contributed by atoms with van der Waals surface area (Å²) in [6.45, 7) is 4.37. The predicted molar refractivity (Wildman–Crippen MR) is 83.1 cm³/mol. The molecule has 2 unspecified atom stereocenters. The molecule has 1 aliphatic heterocycles. The van der Waals surface area contributed by atoms with Gasteiger partial charge in [0.25, 0.3) is 0 Å². The summed E-state index contributed by atoms with van der Waals surface area (Å²) in [6, 6.07) is 6.73. The number of nitrogens with one attached hydrogen (secondary N) is 1. The SMILES string of the molecule is CC(c1cccc(Cl)c1Cl)N(C)CC1CCCCN1. The van der Waals surface area contributed by atoms with Crippen molar-refractivity contribution in [3.63, 3.8) is 0 Å². The Morgan fingerprint density at radius 3 is 2.84 bits per heavy atom. The largest absolute Gasteiger partial charge is 0.313 e. The van der Waals surface area contributed by atoms with Crippen molar-refractivity contribution in [3.8, 4) is 0 Å². The monoisotopic (exact) mass is 300 g/mol. The van der Waals surface area contributed by atoms with E-state index in [9.17, 15) is 0 Å². The molecule has 0 aliphatic carbocycles. The number of hydrogen-bond donors (Lipinski definition) is 1. The van der Waals surface area contributed by atoms with Crippen molar-refractivity contribution in [2.24, 2.45) is 0 Å². The standard InChI is InChI=1S/C15H22Cl2N2/c1-11(13-7-5-8-14(16)15(13)17)19(2)10-12-6-3-4-9-18-12/h5,7-8,11-12,18H,3-4,6,9-10H2,1-2H3. The van der Waals surface area contributed by atoms with Gasteiger partial charge in [-0.15, -0.1) is 0 Å². The smallest absolute Gasteiger partial charge is 0.0640 e. The fourth-order valence-electron chi connectivity index (χ4n) is 2.67. The Hall–Kier alpha value is -0.280. The molecule has 1 saturated heterocycles. The van der Waals surface area contributed by atoms with E-state index in [1.807, 2.05) is 12.1 Å². The van der Waals surface area contributed by atoms with Crippen molar-refractivity contribution >= 4 is 23.2 Å². The van der Waals surface area contributed by atoms with Gasteiger partial charge in [-0.3, -0.25) is 4.90 Å². The highest BCUT2D eigenvalue weighted by atomic mass is 35.5. The lowest BCUT2D eigenvalue weighted by Gasteiger charge is -2.32. The highest BCUT2D eigenvalue weighted by molar-refractivity contribution is 6.42. The molecule has 1 heterocycles. The van der Waals surface area contributed by atoms with Gasteiger partial charge in [-0.1, -0.05) is 41.8 Å². The van der Waals surface area contributed by atoms with Crippen molar-refractivity contribution < 1.29 is 0 Å². The Balaban J connectivity index is 2.01. The number of likely N-dealkylation sites (N-methyl/N-ethyl adjacent to an activating group) is 1.